The minimum absolute atomic E-state index is 0.197. The van der Waals surface area contributed by atoms with E-state index in [4.69, 9.17) is 16.9 Å². The summed E-state index contributed by atoms with van der Waals surface area (Å²) in [7, 11) is 0. The summed E-state index contributed by atoms with van der Waals surface area (Å²) in [6.45, 7) is 1.86. The van der Waals surface area contributed by atoms with Crippen LogP contribution in [0.1, 0.15) is 17.5 Å². The van der Waals surface area contributed by atoms with Crippen molar-refractivity contribution in [2.75, 3.05) is 11.4 Å². The number of urea groups is 1. The molecule has 3 atom stereocenters. The van der Waals surface area contributed by atoms with Crippen LogP contribution in [0.2, 0.25) is 5.02 Å². The first-order valence-corrected chi connectivity index (χ1v) is 8.09. The van der Waals surface area contributed by atoms with E-state index < -0.39 is 30.1 Å². The number of rotatable bonds is 1. The quantitative estimate of drug-likeness (QED) is 0.769. The van der Waals surface area contributed by atoms with Gasteiger partial charge in [-0.15, -0.1) is 0 Å². The van der Waals surface area contributed by atoms with Crippen molar-refractivity contribution in [1.29, 1.82) is 5.26 Å². The molecule has 9 heteroatoms. The number of hydrogen-bond donors (Lipinski definition) is 1. The monoisotopic (exact) mass is 360 g/mol. The minimum atomic E-state index is -1.08. The molecule has 4 rings (SSSR count). The molecule has 8 nitrogen and oxygen atoms in total. The molecule has 3 fully saturated rings. The van der Waals surface area contributed by atoms with Crippen molar-refractivity contribution in [3.8, 4) is 6.07 Å². The topological polar surface area (TPSA) is 105 Å². The first-order chi connectivity index (χ1) is 11.9. The molecule has 25 heavy (non-hydrogen) atoms. The van der Waals surface area contributed by atoms with E-state index in [1.807, 2.05) is 6.07 Å². The first kappa shape index (κ1) is 15.7. The van der Waals surface area contributed by atoms with Crippen molar-refractivity contribution in [2.24, 2.45) is 0 Å². The second-order valence-electron chi connectivity index (χ2n) is 6.38. The fraction of sp³-hybridized carbons (Fsp3) is 0.375. The van der Waals surface area contributed by atoms with Gasteiger partial charge in [0.1, 0.15) is 12.1 Å². The number of anilines is 1. The van der Waals surface area contributed by atoms with Gasteiger partial charge in [0.25, 0.3) is 5.91 Å². The van der Waals surface area contributed by atoms with Gasteiger partial charge in [0.15, 0.2) is 0 Å². The van der Waals surface area contributed by atoms with Crippen molar-refractivity contribution in [3.05, 3.63) is 28.3 Å². The molecule has 1 N–H and O–H groups in total. The molecule has 3 saturated heterocycles. The van der Waals surface area contributed by atoms with Gasteiger partial charge in [-0.05, 0) is 31.0 Å². The third-order valence-corrected chi connectivity index (χ3v) is 5.72. The van der Waals surface area contributed by atoms with Crippen LogP contribution in [0.4, 0.5) is 15.3 Å². The lowest BCUT2D eigenvalue weighted by Gasteiger charge is -2.32. The zero-order valence-electron chi connectivity index (χ0n) is 13.1. The molecule has 3 unspecified atom stereocenters. The molecular formula is C16H13ClN4O4. The van der Waals surface area contributed by atoms with Crippen LogP contribution in [0.5, 0.6) is 0 Å². The summed E-state index contributed by atoms with van der Waals surface area (Å²) < 4.78 is 0. The molecule has 0 spiro atoms. The van der Waals surface area contributed by atoms with Crippen LogP contribution in [0, 0.1) is 18.3 Å². The third kappa shape index (κ3) is 1.90. The van der Waals surface area contributed by atoms with Gasteiger partial charge in [0.05, 0.1) is 28.4 Å². The number of nitriles is 1. The Morgan fingerprint density at radius 2 is 2.12 bits per heavy atom. The largest absolute Gasteiger partial charge is 0.465 e. The number of fused-ring (bicyclic) bond motifs is 5. The number of benzene rings is 1. The van der Waals surface area contributed by atoms with Crippen molar-refractivity contribution >= 4 is 35.3 Å². The fourth-order valence-corrected chi connectivity index (χ4v) is 4.30. The zero-order chi connectivity index (χ0) is 18.0. The average molecular weight is 361 g/mol. The average Bonchev–Trinajstić information content (AvgIpc) is 3.23. The van der Waals surface area contributed by atoms with Gasteiger partial charge < -0.3 is 14.9 Å². The number of halogens is 1. The van der Waals surface area contributed by atoms with Gasteiger partial charge in [-0.3, -0.25) is 4.79 Å². The Morgan fingerprint density at radius 1 is 1.40 bits per heavy atom. The standard InChI is InChI=1S/C16H13ClN4O4/c1-7-10(3-2-8(5-18)12(7)17)21-14(22)13-11-4-9(20(13)15(21)23)6-19(11)16(24)25/h2-3,9,11,13H,4,6H2,1H3,(H,24,25). The van der Waals surface area contributed by atoms with Crippen molar-refractivity contribution < 1.29 is 19.5 Å². The Balaban J connectivity index is 1.75. The van der Waals surface area contributed by atoms with E-state index in [2.05, 4.69) is 0 Å². The van der Waals surface area contributed by atoms with E-state index in [1.165, 1.54) is 21.9 Å². The predicted molar refractivity (Wildman–Crippen MR) is 86.3 cm³/mol. The molecule has 128 valence electrons. The highest BCUT2D eigenvalue weighted by Crippen LogP contribution is 2.43. The molecule has 4 amide bonds. The molecule has 1 aromatic carbocycles. The van der Waals surface area contributed by atoms with Crippen LogP contribution in [0.3, 0.4) is 0 Å². The Hall–Kier alpha value is -2.79. The number of amides is 4. The third-order valence-electron chi connectivity index (χ3n) is 5.23. The number of hydrogen-bond acceptors (Lipinski definition) is 4. The van der Waals surface area contributed by atoms with Gasteiger partial charge in [-0.25, -0.2) is 14.5 Å². The molecular weight excluding hydrogens is 348 g/mol. The van der Waals surface area contributed by atoms with Gasteiger partial charge >= 0.3 is 12.1 Å². The summed E-state index contributed by atoms with van der Waals surface area (Å²) in [6.07, 6.45) is -0.599. The number of nitrogens with zero attached hydrogens (tertiary/aromatic N) is 4. The molecule has 0 aliphatic carbocycles. The number of carbonyl (C=O) groups is 3. The van der Waals surface area contributed by atoms with Crippen LogP contribution in [-0.4, -0.2) is 57.6 Å². The summed E-state index contributed by atoms with van der Waals surface area (Å²) in [5.41, 5.74) is 1.06. The highest BCUT2D eigenvalue weighted by molar-refractivity contribution is 6.33. The fourth-order valence-electron chi connectivity index (χ4n) is 4.10. The number of piperazine rings is 1. The Kier molecular flexibility index (Phi) is 3.21. The summed E-state index contributed by atoms with van der Waals surface area (Å²) in [5, 5.41) is 18.5. The predicted octanol–water partition coefficient (Wildman–Crippen LogP) is 1.79. The molecule has 2 bridgehead atoms. The highest BCUT2D eigenvalue weighted by atomic mass is 35.5. The second kappa shape index (κ2) is 5.10. The molecule has 3 aliphatic rings. The maximum Gasteiger partial charge on any atom is 0.407 e. The Bertz CT molecular complexity index is 880. The van der Waals surface area contributed by atoms with Crippen LogP contribution in [-0.2, 0) is 4.79 Å². The van der Waals surface area contributed by atoms with E-state index in [9.17, 15) is 19.5 Å². The maximum absolute atomic E-state index is 12.9. The van der Waals surface area contributed by atoms with Gasteiger partial charge in [0, 0.05) is 6.54 Å². The number of imide groups is 1. The van der Waals surface area contributed by atoms with Crippen LogP contribution in [0.25, 0.3) is 0 Å². The molecule has 3 heterocycles. The Labute approximate surface area is 147 Å². The van der Waals surface area contributed by atoms with Crippen molar-refractivity contribution in [2.45, 2.75) is 31.5 Å². The van der Waals surface area contributed by atoms with Crippen molar-refractivity contribution in [3.63, 3.8) is 0 Å². The molecule has 0 radical (unpaired) electrons. The van der Waals surface area contributed by atoms with E-state index in [1.54, 1.807) is 6.92 Å². The van der Waals surface area contributed by atoms with E-state index >= 15 is 0 Å². The summed E-state index contributed by atoms with van der Waals surface area (Å²) in [4.78, 5) is 40.9. The lowest BCUT2D eigenvalue weighted by molar-refractivity contribution is -0.121. The normalized spacial score (nSPS) is 27.1. The lowest BCUT2D eigenvalue weighted by atomic mass is 10.1. The molecule has 1 aromatic rings. The smallest absolute Gasteiger partial charge is 0.407 e. The van der Waals surface area contributed by atoms with Crippen LogP contribution >= 0.6 is 11.6 Å². The molecule has 3 aliphatic heterocycles. The summed E-state index contributed by atoms with van der Waals surface area (Å²) in [6, 6.07) is 2.88. The maximum atomic E-state index is 12.9. The number of carboxylic acid groups (broad SMARTS) is 1. The van der Waals surface area contributed by atoms with Gasteiger partial charge in [0.2, 0.25) is 0 Å². The van der Waals surface area contributed by atoms with Crippen molar-refractivity contribution in [1.82, 2.24) is 9.80 Å². The summed E-state index contributed by atoms with van der Waals surface area (Å²) >= 11 is 6.16. The zero-order valence-corrected chi connectivity index (χ0v) is 13.9. The van der Waals surface area contributed by atoms with E-state index in [0.29, 0.717) is 17.7 Å². The molecule has 0 aromatic heterocycles. The Morgan fingerprint density at radius 3 is 2.76 bits per heavy atom. The van der Waals surface area contributed by atoms with Gasteiger partial charge in [-0.1, -0.05) is 11.6 Å². The SMILES string of the molecule is Cc1c(N2C(=O)C3C4CC(CN4C(=O)O)N3C2=O)ccc(C#N)c1Cl. The summed E-state index contributed by atoms with van der Waals surface area (Å²) in [5.74, 6) is -0.452. The van der Waals surface area contributed by atoms with Gasteiger partial charge in [-0.2, -0.15) is 5.26 Å². The van der Waals surface area contributed by atoms with E-state index in [0.717, 1.165) is 4.90 Å². The molecule has 0 saturated carbocycles. The minimum Gasteiger partial charge on any atom is -0.465 e. The second-order valence-corrected chi connectivity index (χ2v) is 6.76. The van der Waals surface area contributed by atoms with Crippen LogP contribution < -0.4 is 4.90 Å². The lowest BCUT2D eigenvalue weighted by Crippen LogP contribution is -2.54. The highest BCUT2D eigenvalue weighted by Gasteiger charge is 2.63. The number of carbonyl (C=O) groups excluding carboxylic acids is 2. The van der Waals surface area contributed by atoms with E-state index in [-0.39, 0.29) is 23.2 Å². The number of likely N-dealkylation sites (tertiary alicyclic amines) is 1. The van der Waals surface area contributed by atoms with Crippen LogP contribution in [0.15, 0.2) is 12.1 Å². The first-order valence-electron chi connectivity index (χ1n) is 7.71.